The van der Waals surface area contributed by atoms with Crippen molar-refractivity contribution in [1.82, 2.24) is 4.90 Å². The molecular formula is C28H35NO5. The molecule has 1 aliphatic carbocycles. The standard InChI is InChI=1S/C28H35NO5/c30-25-12-7-16-28(25,26(31)33-20-23-8-3-1-4-9-23)17-13-22-14-18-29(19-15-22)27(32)34-21-24-10-5-2-6-11-24/h1-6,8-11,22,25,30H,7,12-21H2. The Morgan fingerprint density at radius 2 is 1.47 bits per heavy atom. The van der Waals surface area contributed by atoms with Gasteiger partial charge >= 0.3 is 12.1 Å². The van der Waals surface area contributed by atoms with Crippen molar-refractivity contribution in [3.05, 3.63) is 71.8 Å². The van der Waals surface area contributed by atoms with E-state index in [0.29, 0.717) is 38.3 Å². The summed E-state index contributed by atoms with van der Waals surface area (Å²) in [5, 5.41) is 10.7. The molecule has 2 aromatic rings. The van der Waals surface area contributed by atoms with Crippen molar-refractivity contribution in [2.45, 2.75) is 64.3 Å². The molecule has 2 aromatic carbocycles. The first-order valence-electron chi connectivity index (χ1n) is 12.4. The quantitative estimate of drug-likeness (QED) is 0.550. The molecule has 1 aliphatic heterocycles. The molecule has 0 aromatic heterocycles. The highest BCUT2D eigenvalue weighted by Crippen LogP contribution is 2.45. The van der Waals surface area contributed by atoms with Crippen LogP contribution in [0.3, 0.4) is 0 Å². The number of ether oxygens (including phenoxy) is 2. The summed E-state index contributed by atoms with van der Waals surface area (Å²) in [6, 6.07) is 19.3. The third kappa shape index (κ3) is 5.98. The predicted octanol–water partition coefficient (Wildman–Crippen LogP) is 5.09. The molecule has 4 rings (SSSR count). The third-order valence-electron chi connectivity index (χ3n) is 7.43. The maximum atomic E-state index is 13.1. The van der Waals surface area contributed by atoms with E-state index in [4.69, 9.17) is 9.47 Å². The summed E-state index contributed by atoms with van der Waals surface area (Å²) in [6.07, 6.45) is 4.48. The molecule has 0 bridgehead atoms. The molecule has 0 spiro atoms. The van der Waals surface area contributed by atoms with E-state index >= 15 is 0 Å². The number of carbonyl (C=O) groups excluding carboxylic acids is 2. The normalized spacial score (nSPS) is 23.0. The molecule has 2 aliphatic rings. The number of aliphatic hydroxyl groups is 1. The van der Waals surface area contributed by atoms with Gasteiger partial charge in [-0.15, -0.1) is 0 Å². The largest absolute Gasteiger partial charge is 0.460 e. The Morgan fingerprint density at radius 1 is 0.882 bits per heavy atom. The second-order valence-corrected chi connectivity index (χ2v) is 9.64. The van der Waals surface area contributed by atoms with E-state index in [1.54, 1.807) is 4.90 Å². The van der Waals surface area contributed by atoms with Crippen LogP contribution in [0.4, 0.5) is 4.79 Å². The SMILES string of the molecule is O=C(OCc1ccccc1)N1CCC(CCC2(C(=O)OCc3ccccc3)CCCC2O)CC1. The number of carbonyl (C=O) groups is 2. The van der Waals surface area contributed by atoms with E-state index in [-0.39, 0.29) is 25.3 Å². The van der Waals surface area contributed by atoms with Crippen molar-refractivity contribution < 1.29 is 24.2 Å². The topological polar surface area (TPSA) is 76.1 Å². The van der Waals surface area contributed by atoms with Crippen molar-refractivity contribution in [2.75, 3.05) is 13.1 Å². The van der Waals surface area contributed by atoms with E-state index < -0.39 is 11.5 Å². The maximum absolute atomic E-state index is 13.1. The Balaban J connectivity index is 1.24. The van der Waals surface area contributed by atoms with Gasteiger partial charge in [-0.1, -0.05) is 60.7 Å². The fraction of sp³-hybridized carbons (Fsp3) is 0.500. The van der Waals surface area contributed by atoms with Crippen molar-refractivity contribution in [3.8, 4) is 0 Å². The zero-order valence-corrected chi connectivity index (χ0v) is 19.7. The number of esters is 1. The Bertz CT molecular complexity index is 926. The van der Waals surface area contributed by atoms with Crippen LogP contribution >= 0.6 is 0 Å². The molecule has 0 radical (unpaired) electrons. The minimum Gasteiger partial charge on any atom is -0.460 e. The molecule has 2 fully saturated rings. The van der Waals surface area contributed by atoms with E-state index in [9.17, 15) is 14.7 Å². The predicted molar refractivity (Wildman–Crippen MR) is 129 cm³/mol. The van der Waals surface area contributed by atoms with Crippen LogP contribution < -0.4 is 0 Å². The maximum Gasteiger partial charge on any atom is 0.410 e. The zero-order valence-electron chi connectivity index (χ0n) is 19.7. The molecule has 1 saturated heterocycles. The number of hydrogen-bond acceptors (Lipinski definition) is 5. The van der Waals surface area contributed by atoms with Crippen LogP contribution in [0.5, 0.6) is 0 Å². The van der Waals surface area contributed by atoms with Crippen molar-refractivity contribution in [3.63, 3.8) is 0 Å². The highest BCUT2D eigenvalue weighted by molar-refractivity contribution is 5.78. The first-order valence-corrected chi connectivity index (χ1v) is 12.4. The summed E-state index contributed by atoms with van der Waals surface area (Å²) >= 11 is 0. The Labute approximate surface area is 201 Å². The number of aliphatic hydroxyl groups excluding tert-OH is 1. The van der Waals surface area contributed by atoms with Gasteiger partial charge in [0.1, 0.15) is 13.2 Å². The number of amides is 1. The minimum atomic E-state index is -0.805. The highest BCUT2D eigenvalue weighted by Gasteiger charge is 2.49. The fourth-order valence-corrected chi connectivity index (χ4v) is 5.23. The number of likely N-dealkylation sites (tertiary alicyclic amines) is 1. The zero-order chi connectivity index (χ0) is 23.8. The van der Waals surface area contributed by atoms with Gasteiger partial charge in [0, 0.05) is 13.1 Å². The molecule has 1 amide bonds. The van der Waals surface area contributed by atoms with Crippen molar-refractivity contribution >= 4 is 12.1 Å². The summed E-state index contributed by atoms with van der Waals surface area (Å²) in [4.78, 5) is 27.3. The molecule has 2 atom stereocenters. The lowest BCUT2D eigenvalue weighted by Crippen LogP contribution is -2.42. The van der Waals surface area contributed by atoms with Gasteiger partial charge < -0.3 is 19.5 Å². The number of rotatable bonds is 8. The molecule has 6 heteroatoms. The lowest BCUT2D eigenvalue weighted by atomic mass is 9.76. The molecule has 2 unspecified atom stereocenters. The van der Waals surface area contributed by atoms with Gasteiger partial charge in [0.25, 0.3) is 0 Å². The van der Waals surface area contributed by atoms with Gasteiger partial charge in [-0.3, -0.25) is 4.79 Å². The number of piperidine rings is 1. The third-order valence-corrected chi connectivity index (χ3v) is 7.43. The van der Waals surface area contributed by atoms with Gasteiger partial charge in [-0.25, -0.2) is 4.79 Å². The average molecular weight is 466 g/mol. The summed E-state index contributed by atoms with van der Waals surface area (Å²) in [5.74, 6) is 0.146. The first-order chi connectivity index (χ1) is 16.6. The Hall–Kier alpha value is -2.86. The summed E-state index contributed by atoms with van der Waals surface area (Å²) in [6.45, 7) is 1.83. The van der Waals surface area contributed by atoms with Gasteiger partial charge in [0.2, 0.25) is 0 Å². The summed E-state index contributed by atoms with van der Waals surface area (Å²) in [5.41, 5.74) is 1.12. The molecule has 1 heterocycles. The van der Waals surface area contributed by atoms with Crippen molar-refractivity contribution in [1.29, 1.82) is 0 Å². The lowest BCUT2D eigenvalue weighted by Gasteiger charge is -2.35. The number of benzene rings is 2. The van der Waals surface area contributed by atoms with E-state index in [2.05, 4.69) is 0 Å². The molecule has 1 saturated carbocycles. The van der Waals surface area contributed by atoms with Crippen LogP contribution in [0.1, 0.15) is 56.1 Å². The van der Waals surface area contributed by atoms with Crippen LogP contribution in [0.15, 0.2) is 60.7 Å². The second kappa shape index (κ2) is 11.5. The van der Waals surface area contributed by atoms with E-state index in [0.717, 1.165) is 36.8 Å². The fourth-order valence-electron chi connectivity index (χ4n) is 5.23. The molecule has 1 N–H and O–H groups in total. The van der Waals surface area contributed by atoms with Gasteiger partial charge in [0.15, 0.2) is 0 Å². The Kier molecular flexibility index (Phi) is 8.22. The molecule has 182 valence electrons. The first kappa shape index (κ1) is 24.3. The van der Waals surface area contributed by atoms with Gasteiger partial charge in [-0.2, -0.15) is 0 Å². The second-order valence-electron chi connectivity index (χ2n) is 9.64. The van der Waals surface area contributed by atoms with Crippen LogP contribution in [0, 0.1) is 11.3 Å². The average Bonchev–Trinajstić information content (AvgIpc) is 3.27. The molecule has 6 nitrogen and oxygen atoms in total. The van der Waals surface area contributed by atoms with Crippen molar-refractivity contribution in [2.24, 2.45) is 11.3 Å². The van der Waals surface area contributed by atoms with Gasteiger partial charge in [-0.05, 0) is 62.0 Å². The lowest BCUT2D eigenvalue weighted by molar-refractivity contribution is -0.164. The number of nitrogens with zero attached hydrogens (tertiary/aromatic N) is 1. The van der Waals surface area contributed by atoms with Crippen LogP contribution in [0.25, 0.3) is 0 Å². The van der Waals surface area contributed by atoms with Gasteiger partial charge in [0.05, 0.1) is 11.5 Å². The summed E-state index contributed by atoms with van der Waals surface area (Å²) in [7, 11) is 0. The highest BCUT2D eigenvalue weighted by atomic mass is 16.6. The van der Waals surface area contributed by atoms with E-state index in [1.807, 2.05) is 60.7 Å². The van der Waals surface area contributed by atoms with Crippen LogP contribution in [-0.4, -0.2) is 41.3 Å². The van der Waals surface area contributed by atoms with E-state index in [1.165, 1.54) is 0 Å². The molecule has 34 heavy (non-hydrogen) atoms. The summed E-state index contributed by atoms with van der Waals surface area (Å²) < 4.78 is 11.1. The monoisotopic (exact) mass is 465 g/mol. The minimum absolute atomic E-state index is 0.234. The number of hydrogen-bond donors (Lipinski definition) is 1. The smallest absolute Gasteiger partial charge is 0.410 e. The molecular weight excluding hydrogens is 430 g/mol. The van der Waals surface area contributed by atoms with Crippen LogP contribution in [0.2, 0.25) is 0 Å². The van der Waals surface area contributed by atoms with Crippen LogP contribution in [-0.2, 0) is 27.5 Å². The Morgan fingerprint density at radius 3 is 2.03 bits per heavy atom.